The zero-order valence-corrected chi connectivity index (χ0v) is 25.8. The summed E-state index contributed by atoms with van der Waals surface area (Å²) in [5, 5.41) is 25.9. The molecule has 0 spiro atoms. The van der Waals surface area contributed by atoms with Gasteiger partial charge in [0.2, 0.25) is 5.91 Å². The Morgan fingerprint density at radius 2 is 1.53 bits per heavy atom. The Balaban J connectivity index is 2.09. The molecular weight excluding hydrogens is 546 g/mol. The van der Waals surface area contributed by atoms with E-state index in [9.17, 15) is 24.6 Å². The summed E-state index contributed by atoms with van der Waals surface area (Å²) in [5.41, 5.74) is 2.70. The largest absolute Gasteiger partial charge is 0.508 e. The summed E-state index contributed by atoms with van der Waals surface area (Å²) in [5.74, 6) is -0.910. The molecule has 0 aliphatic heterocycles. The number of carbonyl (C=O) groups excluding carboxylic acids is 3. The van der Waals surface area contributed by atoms with Gasteiger partial charge in [0.25, 0.3) is 5.91 Å². The SMILES string of the molecule is CCCCN(C(=O)C(Cc1ccc(O)cc1)NC(=O)OC(C)(C)C)C(C(=O)Nc1c(C)cccc1C)c1cccc(O)c1. The number of amides is 3. The van der Waals surface area contributed by atoms with Crippen LogP contribution in [0.15, 0.2) is 66.7 Å². The highest BCUT2D eigenvalue weighted by atomic mass is 16.6. The van der Waals surface area contributed by atoms with E-state index in [1.165, 1.54) is 29.2 Å². The number of hydrogen-bond donors (Lipinski definition) is 4. The first-order valence-electron chi connectivity index (χ1n) is 14.5. The van der Waals surface area contributed by atoms with Gasteiger partial charge in [0, 0.05) is 18.7 Å². The van der Waals surface area contributed by atoms with Crippen LogP contribution in [0.3, 0.4) is 0 Å². The van der Waals surface area contributed by atoms with Gasteiger partial charge in [-0.1, -0.05) is 55.8 Å². The fourth-order valence-corrected chi connectivity index (χ4v) is 4.78. The number of ether oxygens (including phenoxy) is 1. The zero-order chi connectivity index (χ0) is 31.7. The van der Waals surface area contributed by atoms with Gasteiger partial charge in [0.1, 0.15) is 29.2 Å². The molecule has 0 heterocycles. The van der Waals surface area contributed by atoms with E-state index in [0.29, 0.717) is 23.2 Å². The lowest BCUT2D eigenvalue weighted by Crippen LogP contribution is -2.53. The maximum atomic E-state index is 14.5. The molecule has 0 aliphatic rings. The van der Waals surface area contributed by atoms with Crippen molar-refractivity contribution >= 4 is 23.6 Å². The summed E-state index contributed by atoms with van der Waals surface area (Å²) < 4.78 is 5.48. The number of para-hydroxylation sites is 1. The Kier molecular flexibility index (Phi) is 11.2. The molecule has 0 radical (unpaired) electrons. The first-order valence-corrected chi connectivity index (χ1v) is 14.5. The van der Waals surface area contributed by atoms with E-state index >= 15 is 0 Å². The summed E-state index contributed by atoms with van der Waals surface area (Å²) in [6.45, 7) is 11.2. The van der Waals surface area contributed by atoms with Crippen molar-refractivity contribution in [2.45, 2.75) is 78.5 Å². The molecule has 3 rings (SSSR count). The standard InChI is InChI=1S/C34H43N3O6/c1-7-8-19-37(32(41)28(35-33(42)43-34(4,5)6)20-24-15-17-26(38)18-16-24)30(25-13-10-14-27(39)21-25)31(40)36-29-22(2)11-9-12-23(29)3/h9-18,21,28,30,38-39H,7-8,19-20H2,1-6H3,(H,35,42)(H,36,40). The second-order valence-corrected chi connectivity index (χ2v) is 11.7. The molecule has 3 amide bonds. The lowest BCUT2D eigenvalue weighted by atomic mass is 9.99. The number of hydrogen-bond acceptors (Lipinski definition) is 6. The molecule has 4 N–H and O–H groups in total. The number of carbonyl (C=O) groups is 3. The molecule has 9 nitrogen and oxygen atoms in total. The van der Waals surface area contributed by atoms with Crippen molar-refractivity contribution < 1.29 is 29.3 Å². The van der Waals surface area contributed by atoms with Crippen molar-refractivity contribution in [1.82, 2.24) is 10.2 Å². The van der Waals surface area contributed by atoms with Crippen LogP contribution in [0.5, 0.6) is 11.5 Å². The van der Waals surface area contributed by atoms with Crippen LogP contribution in [0.1, 0.15) is 68.8 Å². The fourth-order valence-electron chi connectivity index (χ4n) is 4.78. The average Bonchev–Trinajstić information content (AvgIpc) is 2.92. The average molecular weight is 590 g/mol. The molecule has 0 aliphatic carbocycles. The molecule has 230 valence electrons. The predicted octanol–water partition coefficient (Wildman–Crippen LogP) is 6.16. The third kappa shape index (κ3) is 9.49. The van der Waals surface area contributed by atoms with Crippen LogP contribution in [0.2, 0.25) is 0 Å². The molecule has 3 aromatic carbocycles. The molecule has 0 aromatic heterocycles. The van der Waals surface area contributed by atoms with Gasteiger partial charge in [-0.2, -0.15) is 0 Å². The predicted molar refractivity (Wildman–Crippen MR) is 167 cm³/mol. The summed E-state index contributed by atoms with van der Waals surface area (Å²) >= 11 is 0. The van der Waals surface area contributed by atoms with Gasteiger partial charge in [-0.25, -0.2) is 4.79 Å². The number of alkyl carbamates (subject to hydrolysis) is 1. The molecule has 0 fully saturated rings. The summed E-state index contributed by atoms with van der Waals surface area (Å²) in [7, 11) is 0. The van der Waals surface area contributed by atoms with Crippen LogP contribution in [0, 0.1) is 13.8 Å². The number of aryl methyl sites for hydroxylation is 2. The topological polar surface area (TPSA) is 128 Å². The molecule has 3 aromatic rings. The quantitative estimate of drug-likeness (QED) is 0.212. The fraction of sp³-hybridized carbons (Fsp3) is 0.382. The van der Waals surface area contributed by atoms with E-state index < -0.39 is 35.6 Å². The first kappa shape index (κ1) is 33.0. The van der Waals surface area contributed by atoms with Gasteiger partial charge in [-0.15, -0.1) is 0 Å². The number of nitrogens with zero attached hydrogens (tertiary/aromatic N) is 1. The molecule has 0 saturated heterocycles. The van der Waals surface area contributed by atoms with Gasteiger partial charge in [0.15, 0.2) is 0 Å². The number of unbranched alkanes of at least 4 members (excludes halogenated alkanes) is 1. The minimum Gasteiger partial charge on any atom is -0.508 e. The van der Waals surface area contributed by atoms with E-state index in [0.717, 1.165) is 17.5 Å². The van der Waals surface area contributed by atoms with E-state index in [1.807, 2.05) is 39.0 Å². The molecule has 0 saturated carbocycles. The highest BCUT2D eigenvalue weighted by molar-refractivity contribution is 6.00. The van der Waals surface area contributed by atoms with Crippen LogP contribution in [0.25, 0.3) is 0 Å². The van der Waals surface area contributed by atoms with Crippen molar-refractivity contribution in [1.29, 1.82) is 0 Å². The summed E-state index contributed by atoms with van der Waals surface area (Å²) in [6, 6.07) is 16.1. The van der Waals surface area contributed by atoms with Crippen LogP contribution in [-0.4, -0.2) is 51.2 Å². The van der Waals surface area contributed by atoms with Crippen molar-refractivity contribution in [2.24, 2.45) is 0 Å². The Hall–Kier alpha value is -4.53. The zero-order valence-electron chi connectivity index (χ0n) is 25.8. The van der Waals surface area contributed by atoms with Gasteiger partial charge >= 0.3 is 6.09 Å². The van der Waals surface area contributed by atoms with Gasteiger partial charge in [-0.3, -0.25) is 9.59 Å². The van der Waals surface area contributed by atoms with Gasteiger partial charge in [0.05, 0.1) is 0 Å². The monoisotopic (exact) mass is 589 g/mol. The van der Waals surface area contributed by atoms with Crippen molar-refractivity contribution in [3.8, 4) is 11.5 Å². The lowest BCUT2D eigenvalue weighted by Gasteiger charge is -2.35. The highest BCUT2D eigenvalue weighted by Gasteiger charge is 2.36. The van der Waals surface area contributed by atoms with Crippen LogP contribution in [-0.2, 0) is 20.7 Å². The minimum absolute atomic E-state index is 0.0437. The highest BCUT2D eigenvalue weighted by Crippen LogP contribution is 2.29. The van der Waals surface area contributed by atoms with Crippen molar-refractivity contribution in [2.75, 3.05) is 11.9 Å². The van der Waals surface area contributed by atoms with E-state index in [1.54, 1.807) is 45.0 Å². The Labute approximate surface area is 253 Å². The molecular formula is C34H43N3O6. The minimum atomic E-state index is -1.12. The Morgan fingerprint density at radius 3 is 2.12 bits per heavy atom. The van der Waals surface area contributed by atoms with Crippen molar-refractivity contribution in [3.05, 3.63) is 89.0 Å². The number of aromatic hydroxyl groups is 2. The Morgan fingerprint density at radius 1 is 0.907 bits per heavy atom. The lowest BCUT2D eigenvalue weighted by molar-refractivity contribution is -0.140. The molecule has 0 bridgehead atoms. The second kappa shape index (κ2) is 14.6. The molecule has 43 heavy (non-hydrogen) atoms. The number of phenols is 2. The van der Waals surface area contributed by atoms with E-state index in [4.69, 9.17) is 4.74 Å². The third-order valence-electron chi connectivity index (χ3n) is 6.88. The van der Waals surface area contributed by atoms with Crippen LogP contribution < -0.4 is 10.6 Å². The van der Waals surface area contributed by atoms with Gasteiger partial charge in [-0.05, 0) is 87.6 Å². The number of phenolic OH excluding ortho intramolecular Hbond substituents is 2. The van der Waals surface area contributed by atoms with Crippen LogP contribution in [0.4, 0.5) is 10.5 Å². The second-order valence-electron chi connectivity index (χ2n) is 11.7. The smallest absolute Gasteiger partial charge is 0.408 e. The Bertz CT molecular complexity index is 1390. The maximum Gasteiger partial charge on any atom is 0.408 e. The molecule has 9 heteroatoms. The van der Waals surface area contributed by atoms with Gasteiger partial charge < -0.3 is 30.5 Å². The van der Waals surface area contributed by atoms with E-state index in [-0.39, 0.29) is 24.5 Å². The number of rotatable bonds is 11. The molecule has 2 unspecified atom stereocenters. The first-order chi connectivity index (χ1) is 20.3. The third-order valence-corrected chi connectivity index (χ3v) is 6.88. The maximum absolute atomic E-state index is 14.5. The normalized spacial score (nSPS) is 12.6. The van der Waals surface area contributed by atoms with Crippen molar-refractivity contribution in [3.63, 3.8) is 0 Å². The summed E-state index contributed by atoms with van der Waals surface area (Å²) in [6.07, 6.45) is 0.661. The number of anilines is 1. The number of benzene rings is 3. The number of nitrogens with one attached hydrogen (secondary N) is 2. The van der Waals surface area contributed by atoms with Crippen LogP contribution >= 0.6 is 0 Å². The molecule has 2 atom stereocenters. The summed E-state index contributed by atoms with van der Waals surface area (Å²) in [4.78, 5) is 43.0. The van der Waals surface area contributed by atoms with E-state index in [2.05, 4.69) is 10.6 Å².